The van der Waals surface area contributed by atoms with Gasteiger partial charge in [0.2, 0.25) is 0 Å². The predicted octanol–water partition coefficient (Wildman–Crippen LogP) is 0.794. The van der Waals surface area contributed by atoms with E-state index in [4.69, 9.17) is 4.74 Å². The van der Waals surface area contributed by atoms with Gasteiger partial charge in [-0.2, -0.15) is 0 Å². The number of rotatable bonds is 5. The van der Waals surface area contributed by atoms with Gasteiger partial charge in [0, 0.05) is 17.6 Å². The van der Waals surface area contributed by atoms with Gasteiger partial charge in [-0.05, 0) is 30.5 Å². The summed E-state index contributed by atoms with van der Waals surface area (Å²) in [6.07, 6.45) is 3.39. The Kier molecular flexibility index (Phi) is 5.23. The maximum Gasteiger partial charge on any atom is 0.340 e. The van der Waals surface area contributed by atoms with Gasteiger partial charge in [0.25, 0.3) is 15.9 Å². The molecule has 0 fully saturated rings. The highest BCUT2D eigenvalue weighted by Gasteiger charge is 2.26. The summed E-state index contributed by atoms with van der Waals surface area (Å²) in [5.74, 6) is -0.912. The summed E-state index contributed by atoms with van der Waals surface area (Å²) >= 11 is 1.52. The molecule has 0 radical (unpaired) electrons. The van der Waals surface area contributed by atoms with Crippen LogP contribution >= 0.6 is 11.3 Å². The van der Waals surface area contributed by atoms with E-state index in [1.165, 1.54) is 36.6 Å². The highest BCUT2D eigenvalue weighted by molar-refractivity contribution is 7.90. The van der Waals surface area contributed by atoms with Crippen molar-refractivity contribution in [2.75, 3.05) is 12.3 Å². The molecule has 8 nitrogen and oxygen atoms in total. The average molecular weight is 395 g/mol. The molecule has 1 aromatic rings. The summed E-state index contributed by atoms with van der Waals surface area (Å²) in [4.78, 5) is 26.9. The molecule has 0 bridgehead atoms. The Morgan fingerprint density at radius 3 is 2.96 bits per heavy atom. The van der Waals surface area contributed by atoms with Gasteiger partial charge in [-0.25, -0.2) is 13.2 Å². The molecule has 2 aliphatic rings. The zero-order valence-corrected chi connectivity index (χ0v) is 15.5. The molecular weight excluding hydrogens is 378 g/mol. The molecular formula is C16H17N3O5S2. The molecule has 26 heavy (non-hydrogen) atoms. The number of ether oxygens (including phenoxy) is 1. The molecule has 3 rings (SSSR count). The van der Waals surface area contributed by atoms with E-state index in [2.05, 4.69) is 9.71 Å². The fraction of sp³-hybridized carbons (Fsp3) is 0.312. The molecule has 0 aromatic carbocycles. The number of amidine groups is 1. The molecule has 1 aromatic heterocycles. The third kappa shape index (κ3) is 4.38. The fourth-order valence-corrected chi connectivity index (χ4v) is 3.95. The quantitative estimate of drug-likeness (QED) is 0.739. The second kappa shape index (κ2) is 7.42. The zero-order valence-electron chi connectivity index (χ0n) is 13.9. The number of nitrogens with zero attached hydrogens (tertiary/aromatic N) is 2. The summed E-state index contributed by atoms with van der Waals surface area (Å²) in [5, 5.41) is 4.62. The van der Waals surface area contributed by atoms with Crippen LogP contribution in [0.3, 0.4) is 0 Å². The number of sulfonamides is 1. The van der Waals surface area contributed by atoms with Gasteiger partial charge < -0.3 is 15.0 Å². The van der Waals surface area contributed by atoms with Crippen LogP contribution in [0.15, 0.2) is 45.8 Å². The van der Waals surface area contributed by atoms with Gasteiger partial charge in [0.05, 0.1) is 17.9 Å². The molecule has 138 valence electrons. The van der Waals surface area contributed by atoms with Gasteiger partial charge in [0.15, 0.2) is 6.10 Å². The van der Waals surface area contributed by atoms with Crippen molar-refractivity contribution in [1.29, 1.82) is 0 Å². The van der Waals surface area contributed by atoms with E-state index in [-0.39, 0.29) is 23.7 Å². The first-order valence-electron chi connectivity index (χ1n) is 7.84. The lowest BCUT2D eigenvalue weighted by Gasteiger charge is -2.27. The third-order valence-corrected chi connectivity index (χ3v) is 5.77. The Labute approximate surface area is 154 Å². The molecule has 1 amide bonds. The van der Waals surface area contributed by atoms with Crippen LogP contribution in [0.2, 0.25) is 0 Å². The normalized spacial score (nSPS) is 19.0. The van der Waals surface area contributed by atoms with Crippen molar-refractivity contribution in [2.45, 2.75) is 19.6 Å². The van der Waals surface area contributed by atoms with Gasteiger partial charge in [-0.1, -0.05) is 6.07 Å². The molecule has 0 aliphatic carbocycles. The largest absolute Gasteiger partial charge is 0.449 e. The second-order valence-corrected chi connectivity index (χ2v) is 8.48. The number of fused-ring (bicyclic) bond motifs is 1. The Bertz CT molecular complexity index is 900. The minimum absolute atomic E-state index is 0.120. The first-order valence-corrected chi connectivity index (χ1v) is 10.3. The van der Waals surface area contributed by atoms with Crippen LogP contribution in [0.25, 0.3) is 0 Å². The van der Waals surface area contributed by atoms with Crippen molar-refractivity contribution >= 4 is 39.1 Å². The van der Waals surface area contributed by atoms with E-state index in [0.717, 1.165) is 4.88 Å². The number of hydrogen-bond acceptors (Lipinski definition) is 7. The summed E-state index contributed by atoms with van der Waals surface area (Å²) in [5.41, 5.74) is 0.223. The van der Waals surface area contributed by atoms with Crippen molar-refractivity contribution in [2.24, 2.45) is 4.40 Å². The van der Waals surface area contributed by atoms with E-state index in [1.807, 2.05) is 17.5 Å². The van der Waals surface area contributed by atoms with Crippen molar-refractivity contribution in [3.63, 3.8) is 0 Å². The Hall–Kier alpha value is -2.46. The number of hydrogen-bond donors (Lipinski definition) is 1. The predicted molar refractivity (Wildman–Crippen MR) is 96.9 cm³/mol. The van der Waals surface area contributed by atoms with Crippen LogP contribution in [-0.4, -0.2) is 49.4 Å². The summed E-state index contributed by atoms with van der Waals surface area (Å²) in [6, 6.07) is 3.79. The summed E-state index contributed by atoms with van der Waals surface area (Å²) < 4.78 is 31.8. The Morgan fingerprint density at radius 2 is 2.23 bits per heavy atom. The van der Waals surface area contributed by atoms with Gasteiger partial charge in [0.1, 0.15) is 5.84 Å². The third-order valence-electron chi connectivity index (χ3n) is 3.73. The lowest BCUT2D eigenvalue weighted by atomic mass is 10.2. The Balaban J connectivity index is 1.57. The van der Waals surface area contributed by atoms with E-state index in [9.17, 15) is 18.0 Å². The average Bonchev–Trinajstić information content (AvgIpc) is 3.11. The first-order chi connectivity index (χ1) is 12.3. The van der Waals surface area contributed by atoms with Crippen LogP contribution in [0.1, 0.15) is 11.8 Å². The molecule has 0 unspecified atom stereocenters. The van der Waals surface area contributed by atoms with Gasteiger partial charge in [-0.15, -0.1) is 15.7 Å². The molecule has 0 saturated heterocycles. The molecule has 1 atom stereocenters. The van der Waals surface area contributed by atoms with Crippen LogP contribution in [0.5, 0.6) is 0 Å². The summed E-state index contributed by atoms with van der Waals surface area (Å²) in [6.45, 7) is 2.08. The topological polar surface area (TPSA) is 105 Å². The van der Waals surface area contributed by atoms with Gasteiger partial charge >= 0.3 is 5.97 Å². The standard InChI is InChI=1S/C16H17N3O5S2/c1-11(15(20)17-9-13-3-2-7-25-13)24-16(21)12-4-5-14-18-26(22,23)8-6-19(14)10-12/h2-5,7,10-11H,6,8-9H2,1H3,(H,17,20)/t11-/m1/s1. The smallest absolute Gasteiger partial charge is 0.340 e. The molecule has 0 spiro atoms. The number of carbonyl (C=O) groups excluding carboxylic acids is 2. The molecule has 10 heteroatoms. The van der Waals surface area contributed by atoms with Crippen LogP contribution in [-0.2, 0) is 30.9 Å². The number of esters is 1. The minimum atomic E-state index is -3.45. The number of carbonyl (C=O) groups is 2. The van der Waals surface area contributed by atoms with E-state index in [1.54, 1.807) is 4.90 Å². The monoisotopic (exact) mass is 395 g/mol. The van der Waals surface area contributed by atoms with E-state index in [0.29, 0.717) is 6.54 Å². The SMILES string of the molecule is C[C@@H](OC(=O)C1=CN2CCS(=O)(=O)N=C2C=C1)C(=O)NCc1cccs1. The highest BCUT2D eigenvalue weighted by atomic mass is 32.2. The van der Waals surface area contributed by atoms with Crippen molar-refractivity contribution in [3.8, 4) is 0 Å². The van der Waals surface area contributed by atoms with E-state index >= 15 is 0 Å². The van der Waals surface area contributed by atoms with Crippen molar-refractivity contribution in [3.05, 3.63) is 46.3 Å². The molecule has 1 N–H and O–H groups in total. The van der Waals surface area contributed by atoms with Crippen LogP contribution in [0.4, 0.5) is 0 Å². The molecule has 0 saturated carbocycles. The lowest BCUT2D eigenvalue weighted by Crippen LogP contribution is -2.38. The van der Waals surface area contributed by atoms with Crippen LogP contribution < -0.4 is 5.32 Å². The molecule has 3 heterocycles. The van der Waals surface area contributed by atoms with Crippen molar-refractivity contribution < 1.29 is 22.7 Å². The zero-order chi connectivity index (χ0) is 18.7. The Morgan fingerprint density at radius 1 is 1.42 bits per heavy atom. The van der Waals surface area contributed by atoms with Gasteiger partial charge in [-0.3, -0.25) is 4.79 Å². The maximum absolute atomic E-state index is 12.2. The first kappa shape index (κ1) is 18.3. The van der Waals surface area contributed by atoms with Crippen LogP contribution in [0, 0.1) is 0 Å². The fourth-order valence-electron chi connectivity index (χ4n) is 2.33. The molecule has 2 aliphatic heterocycles. The highest BCUT2D eigenvalue weighted by Crippen LogP contribution is 2.17. The number of thiophene rings is 1. The van der Waals surface area contributed by atoms with Crippen molar-refractivity contribution in [1.82, 2.24) is 10.2 Å². The number of amides is 1. The number of nitrogens with one attached hydrogen (secondary N) is 1. The second-order valence-electron chi connectivity index (χ2n) is 5.69. The summed E-state index contributed by atoms with van der Waals surface area (Å²) in [7, 11) is -3.45. The maximum atomic E-state index is 12.2. The lowest BCUT2D eigenvalue weighted by molar-refractivity contribution is -0.151. The van der Waals surface area contributed by atoms with E-state index < -0.39 is 28.0 Å². The minimum Gasteiger partial charge on any atom is -0.449 e.